The number of aliphatic hydroxyl groups excluding tert-OH is 1. The van der Waals surface area contributed by atoms with E-state index in [1.165, 1.54) is 0 Å². The number of carbonyl (C=O) groups excluding carboxylic acids is 3. The van der Waals surface area contributed by atoms with Crippen LogP contribution in [0.3, 0.4) is 0 Å². The number of carboxylic acids is 1. The second-order valence-corrected chi connectivity index (χ2v) is 19.5. The number of rotatable bonds is 3. The van der Waals surface area contributed by atoms with E-state index < -0.39 is 40.4 Å². The number of aliphatic hydroxyl groups is 3. The molecule has 0 aromatic rings. The second-order valence-electron chi connectivity index (χ2n) is 19.5. The smallest absolute Gasteiger partial charge is 0.336 e. The van der Waals surface area contributed by atoms with Gasteiger partial charge in [-0.25, -0.2) is 4.79 Å². The van der Waals surface area contributed by atoms with Crippen molar-refractivity contribution in [1.82, 2.24) is 0 Å². The number of Topliss-reactive ketones (excluding diaryl/α,β-unsaturated/α-hetero) is 1. The Morgan fingerprint density at radius 3 is 1.55 bits per heavy atom. The Bertz CT molecular complexity index is 1880. The molecule has 10 heteroatoms. The van der Waals surface area contributed by atoms with E-state index in [1.54, 1.807) is 24.3 Å². The fourth-order valence-electron chi connectivity index (χ4n) is 15.1. The first kappa shape index (κ1) is 35.9. The number of fused-ring (bicyclic) bond motifs is 6. The fourth-order valence-corrected chi connectivity index (χ4v) is 15.1. The predicted octanol–water partition coefficient (Wildman–Crippen LogP) is 4.45. The highest BCUT2D eigenvalue weighted by atomic mass is 16.6. The highest BCUT2D eigenvalue weighted by Gasteiger charge is 2.83. The van der Waals surface area contributed by atoms with E-state index in [4.69, 9.17) is 9.47 Å². The summed E-state index contributed by atoms with van der Waals surface area (Å²) >= 11 is 0. The number of hydrogen-bond acceptors (Lipinski definition) is 9. The van der Waals surface area contributed by atoms with Gasteiger partial charge >= 0.3 is 5.97 Å². The van der Waals surface area contributed by atoms with Gasteiger partial charge in [0.15, 0.2) is 23.0 Å². The van der Waals surface area contributed by atoms with Crippen LogP contribution < -0.4 is 0 Å². The van der Waals surface area contributed by atoms with Crippen molar-refractivity contribution in [2.75, 3.05) is 6.61 Å². The van der Waals surface area contributed by atoms with E-state index in [-0.39, 0.29) is 81.3 Å². The number of epoxide rings is 2. The Labute approximate surface area is 310 Å². The third-order valence-electron chi connectivity index (χ3n) is 17.9. The molecule has 10 rings (SSSR count). The van der Waals surface area contributed by atoms with Gasteiger partial charge in [0.25, 0.3) is 0 Å². The second kappa shape index (κ2) is 10.5. The molecule has 10 nitrogen and oxygen atoms in total. The number of carboxylic acid groups (broad SMARTS) is 1. The number of aliphatic carboxylic acids is 1. The molecule has 0 bridgehead atoms. The summed E-state index contributed by atoms with van der Waals surface area (Å²) in [6, 6.07) is 0. The van der Waals surface area contributed by atoms with Crippen molar-refractivity contribution in [1.29, 1.82) is 0 Å². The Balaban J connectivity index is 0.000000141. The Morgan fingerprint density at radius 2 is 1.13 bits per heavy atom. The van der Waals surface area contributed by atoms with Gasteiger partial charge in [-0.1, -0.05) is 51.0 Å². The number of carbonyl (C=O) groups is 4. The molecule has 6 saturated carbocycles. The van der Waals surface area contributed by atoms with Crippen LogP contribution in [0, 0.1) is 57.2 Å². The van der Waals surface area contributed by atoms with Crippen molar-refractivity contribution in [3.8, 4) is 0 Å². The van der Waals surface area contributed by atoms with E-state index in [9.17, 15) is 39.6 Å². The van der Waals surface area contributed by atoms with Crippen LogP contribution >= 0.6 is 0 Å². The minimum atomic E-state index is -1.70. The van der Waals surface area contributed by atoms with Gasteiger partial charge in [-0.3, -0.25) is 14.4 Å². The summed E-state index contributed by atoms with van der Waals surface area (Å²) in [6.07, 6.45) is 17.0. The van der Waals surface area contributed by atoms with Gasteiger partial charge in [0.2, 0.25) is 0 Å². The molecule has 0 aromatic carbocycles. The molecule has 0 radical (unpaired) electrons. The standard InChI is InChI=1S/C22H28O5.C21H26O5/c1-12-8-16-15-5-4-13-9-14(24)6-7-19(13,2)22(15)18(27-22)10-20(16,3)21(12,26)17(25)11-23;1-11-8-15-14-5-4-12-9-13(22)6-7-18(12,2)21(14)16(26-21)10-19(15,3)20(11,25)17(23)24/h6-7,9,12,15-16,18,23,26H,4-5,8,10-11H2,1-3H3;6-7,9,11,14-16,25H,4-5,8,10H2,1-3H3,(H,23,24)/t12-,15?,16?,18+,19?,20?,21+,22-;11-,14?,15?,16+,18?,19?,20+,21-/m11/s1. The maximum absolute atomic E-state index is 12.6. The predicted molar refractivity (Wildman–Crippen MR) is 191 cm³/mol. The Morgan fingerprint density at radius 1 is 0.717 bits per heavy atom. The van der Waals surface area contributed by atoms with Crippen LogP contribution in [0.2, 0.25) is 0 Å². The summed E-state index contributed by atoms with van der Waals surface area (Å²) in [4.78, 5) is 48.4. The van der Waals surface area contributed by atoms with Gasteiger partial charge in [0, 0.05) is 21.7 Å². The van der Waals surface area contributed by atoms with Crippen LogP contribution in [0.5, 0.6) is 0 Å². The molecule has 53 heavy (non-hydrogen) atoms. The van der Waals surface area contributed by atoms with E-state index in [0.717, 1.165) is 43.3 Å². The van der Waals surface area contributed by atoms with Crippen molar-refractivity contribution in [2.45, 2.75) is 128 Å². The molecule has 8 aliphatic carbocycles. The SMILES string of the molecule is C[C@@H]1CC2C3CCC4=CC(=O)C=CC4(C)[C@@]34O[C@H]4CC2(C)[C@@]1(O)C(=O)CO.C[C@@H]1CC2C3CCC4=CC(=O)C=CC4(C)[C@@]34O[C@H]4CC2(C)[C@@]1(O)C(=O)O. The van der Waals surface area contributed by atoms with Crippen LogP contribution in [-0.4, -0.2) is 85.0 Å². The number of ketones is 3. The van der Waals surface area contributed by atoms with Gasteiger partial charge in [0.1, 0.15) is 23.4 Å². The van der Waals surface area contributed by atoms with Crippen molar-refractivity contribution >= 4 is 23.3 Å². The average molecular weight is 731 g/mol. The fraction of sp³-hybridized carbons (Fsp3) is 0.721. The lowest BCUT2D eigenvalue weighted by molar-refractivity contribution is -0.183. The molecule has 286 valence electrons. The lowest BCUT2D eigenvalue weighted by Gasteiger charge is -2.55. The van der Waals surface area contributed by atoms with Crippen LogP contribution in [0.4, 0.5) is 0 Å². The number of allylic oxidation sites excluding steroid dienone is 4. The molecule has 0 amide bonds. The lowest BCUT2D eigenvalue weighted by atomic mass is 9.46. The van der Waals surface area contributed by atoms with Gasteiger partial charge in [-0.2, -0.15) is 0 Å². The molecular weight excluding hydrogens is 676 g/mol. The monoisotopic (exact) mass is 730 g/mol. The Kier molecular flexibility index (Phi) is 7.15. The molecule has 2 aliphatic heterocycles. The van der Waals surface area contributed by atoms with Gasteiger partial charge in [0.05, 0.1) is 12.2 Å². The molecule has 4 N–H and O–H groups in total. The van der Waals surface area contributed by atoms with E-state index in [2.05, 4.69) is 13.8 Å². The summed E-state index contributed by atoms with van der Waals surface area (Å²) in [5, 5.41) is 42.1. The first-order valence-corrected chi connectivity index (χ1v) is 19.8. The van der Waals surface area contributed by atoms with Crippen LogP contribution in [0.1, 0.15) is 92.9 Å². The molecule has 2 spiro atoms. The van der Waals surface area contributed by atoms with E-state index >= 15 is 0 Å². The Hall–Kier alpha value is -2.76. The van der Waals surface area contributed by atoms with Crippen molar-refractivity contribution in [3.05, 3.63) is 47.6 Å². The quantitative estimate of drug-likeness (QED) is 0.304. The highest BCUT2D eigenvalue weighted by Crippen LogP contribution is 2.78. The summed E-state index contributed by atoms with van der Waals surface area (Å²) in [6.45, 7) is 11.5. The summed E-state index contributed by atoms with van der Waals surface area (Å²) < 4.78 is 12.8. The van der Waals surface area contributed by atoms with Gasteiger partial charge < -0.3 is 29.9 Å². The van der Waals surface area contributed by atoms with Crippen LogP contribution in [0.15, 0.2) is 47.6 Å². The zero-order chi connectivity index (χ0) is 38.1. The molecule has 2 saturated heterocycles. The zero-order valence-corrected chi connectivity index (χ0v) is 31.7. The minimum absolute atomic E-state index is 0.0291. The third kappa shape index (κ3) is 3.84. The highest BCUT2D eigenvalue weighted by molar-refractivity contribution is 6.02. The summed E-state index contributed by atoms with van der Waals surface area (Å²) in [7, 11) is 0. The first-order valence-electron chi connectivity index (χ1n) is 19.8. The van der Waals surface area contributed by atoms with E-state index in [1.807, 2.05) is 39.8 Å². The molecule has 0 aromatic heterocycles. The average Bonchev–Trinajstić information content (AvgIpc) is 3.99. The van der Waals surface area contributed by atoms with Gasteiger partial charge in [-0.05, 0) is 125 Å². The normalized spacial score (nSPS) is 55.9. The number of hydrogen-bond donors (Lipinski definition) is 4. The van der Waals surface area contributed by atoms with Crippen molar-refractivity contribution < 1.29 is 49.1 Å². The molecule has 16 atom stereocenters. The van der Waals surface area contributed by atoms with Crippen LogP contribution in [-0.2, 0) is 28.7 Å². The van der Waals surface area contributed by atoms with Crippen LogP contribution in [0.25, 0.3) is 0 Å². The minimum Gasteiger partial charge on any atom is -0.479 e. The molecule has 2 heterocycles. The van der Waals surface area contributed by atoms with Gasteiger partial charge in [-0.15, -0.1) is 0 Å². The zero-order valence-electron chi connectivity index (χ0n) is 31.7. The molecule has 10 aliphatic rings. The molecular formula is C43H54O10. The molecule has 8 unspecified atom stereocenters. The topological polar surface area (TPSA) is 174 Å². The maximum atomic E-state index is 12.6. The number of ether oxygens (including phenoxy) is 2. The third-order valence-corrected chi connectivity index (χ3v) is 17.9. The molecule has 8 fully saturated rings. The summed E-state index contributed by atoms with van der Waals surface area (Å²) in [5.74, 6) is -1.21. The van der Waals surface area contributed by atoms with E-state index in [0.29, 0.717) is 19.3 Å². The maximum Gasteiger partial charge on any atom is 0.336 e. The first-order chi connectivity index (χ1) is 24.8. The summed E-state index contributed by atoms with van der Waals surface area (Å²) in [5.41, 5.74) is -3.44. The van der Waals surface area contributed by atoms with Crippen molar-refractivity contribution in [2.24, 2.45) is 57.2 Å². The largest absolute Gasteiger partial charge is 0.479 e. The lowest BCUT2D eigenvalue weighted by Crippen LogP contribution is -2.62. The van der Waals surface area contributed by atoms with Crippen molar-refractivity contribution in [3.63, 3.8) is 0 Å².